The Hall–Kier alpha value is -3.34. The molecule has 1 aliphatic rings. The molecule has 2 aromatic carbocycles. The molecule has 0 bridgehead atoms. The van der Waals surface area contributed by atoms with Gasteiger partial charge in [-0.2, -0.15) is 0 Å². The number of nitrogens with zero attached hydrogens (tertiary/aromatic N) is 3. The highest BCUT2D eigenvalue weighted by Gasteiger charge is 2.30. The van der Waals surface area contributed by atoms with Gasteiger partial charge in [0.15, 0.2) is 0 Å². The molecule has 1 aliphatic carbocycles. The number of amides is 2. The molecular formula is C34H45N3O2. The smallest absolute Gasteiger partial charge is 0.254 e. The molecule has 2 amide bonds. The maximum atomic E-state index is 14.0. The molecule has 0 spiro atoms. The Kier molecular flexibility index (Phi) is 9.32. The van der Waals surface area contributed by atoms with Gasteiger partial charge >= 0.3 is 0 Å². The van der Waals surface area contributed by atoms with Gasteiger partial charge in [0.25, 0.3) is 5.91 Å². The molecule has 4 rings (SSSR count). The lowest BCUT2D eigenvalue weighted by atomic mass is 9.86. The Morgan fingerprint density at radius 1 is 0.897 bits per heavy atom. The van der Waals surface area contributed by atoms with Crippen LogP contribution in [0.2, 0.25) is 0 Å². The number of carbonyl (C=O) groups is 2. The fourth-order valence-corrected chi connectivity index (χ4v) is 5.52. The summed E-state index contributed by atoms with van der Waals surface area (Å²) in [5.41, 5.74) is 4.20. The minimum absolute atomic E-state index is 0.0218. The van der Waals surface area contributed by atoms with Gasteiger partial charge in [0, 0.05) is 36.1 Å². The van der Waals surface area contributed by atoms with E-state index in [1.807, 2.05) is 44.2 Å². The Morgan fingerprint density at radius 2 is 1.56 bits per heavy atom. The number of benzene rings is 2. The van der Waals surface area contributed by atoms with E-state index in [-0.39, 0.29) is 35.9 Å². The van der Waals surface area contributed by atoms with E-state index in [1.54, 1.807) is 4.90 Å². The fourth-order valence-electron chi connectivity index (χ4n) is 5.52. The van der Waals surface area contributed by atoms with Crippen molar-refractivity contribution in [1.29, 1.82) is 0 Å². The van der Waals surface area contributed by atoms with Crippen LogP contribution in [-0.2, 0) is 23.3 Å². The summed E-state index contributed by atoms with van der Waals surface area (Å²) in [6, 6.07) is 22.6. The third-order valence-electron chi connectivity index (χ3n) is 7.98. The molecule has 0 saturated heterocycles. The van der Waals surface area contributed by atoms with Crippen molar-refractivity contribution in [1.82, 2.24) is 14.4 Å². The highest BCUT2D eigenvalue weighted by atomic mass is 16.2. The summed E-state index contributed by atoms with van der Waals surface area (Å²) >= 11 is 0. The second-order valence-electron chi connectivity index (χ2n) is 12.3. The minimum atomic E-state index is -0.0881. The third kappa shape index (κ3) is 7.40. The minimum Gasteiger partial charge on any atom is -0.345 e. The zero-order valence-electron chi connectivity index (χ0n) is 24.4. The summed E-state index contributed by atoms with van der Waals surface area (Å²) in [5.74, 6) is -0.0578. The average molecular weight is 528 g/mol. The van der Waals surface area contributed by atoms with Crippen LogP contribution in [0.15, 0.2) is 72.9 Å². The Morgan fingerprint density at radius 3 is 2.18 bits per heavy atom. The first kappa shape index (κ1) is 28.7. The normalized spacial score (nSPS) is 14.4. The first-order chi connectivity index (χ1) is 18.6. The van der Waals surface area contributed by atoms with Crippen molar-refractivity contribution in [3.63, 3.8) is 0 Å². The summed E-state index contributed by atoms with van der Waals surface area (Å²) < 4.78 is 2.24. The van der Waals surface area contributed by atoms with Crippen molar-refractivity contribution in [2.24, 2.45) is 0 Å². The van der Waals surface area contributed by atoms with E-state index < -0.39 is 0 Å². The number of hydrogen-bond donors (Lipinski definition) is 0. The van der Waals surface area contributed by atoms with Crippen LogP contribution in [-0.4, -0.2) is 44.8 Å². The topological polar surface area (TPSA) is 45.6 Å². The maximum absolute atomic E-state index is 14.0. The molecule has 1 fully saturated rings. The first-order valence-corrected chi connectivity index (χ1v) is 14.5. The van der Waals surface area contributed by atoms with Crippen molar-refractivity contribution in [2.45, 2.75) is 97.3 Å². The molecule has 5 nitrogen and oxygen atoms in total. The van der Waals surface area contributed by atoms with E-state index in [2.05, 4.69) is 72.8 Å². The monoisotopic (exact) mass is 527 g/mol. The molecule has 0 radical (unpaired) electrons. The molecule has 0 atom stereocenters. The predicted octanol–water partition coefficient (Wildman–Crippen LogP) is 7.05. The van der Waals surface area contributed by atoms with Gasteiger partial charge < -0.3 is 14.4 Å². The van der Waals surface area contributed by atoms with Gasteiger partial charge in [-0.25, -0.2) is 0 Å². The lowest BCUT2D eigenvalue weighted by molar-refractivity contribution is -0.136. The number of aromatic nitrogens is 1. The van der Waals surface area contributed by atoms with Crippen LogP contribution in [0.25, 0.3) is 0 Å². The molecule has 5 heteroatoms. The van der Waals surface area contributed by atoms with Gasteiger partial charge in [-0.15, -0.1) is 0 Å². The Bertz CT molecular complexity index is 1220. The van der Waals surface area contributed by atoms with E-state index in [0.717, 1.165) is 37.9 Å². The van der Waals surface area contributed by atoms with Gasteiger partial charge in [-0.3, -0.25) is 9.59 Å². The van der Waals surface area contributed by atoms with Crippen LogP contribution >= 0.6 is 0 Å². The highest BCUT2D eigenvalue weighted by Crippen LogP contribution is 2.26. The van der Waals surface area contributed by atoms with E-state index in [9.17, 15) is 9.59 Å². The number of rotatable bonds is 9. The summed E-state index contributed by atoms with van der Waals surface area (Å²) in [5, 5.41) is 0. The lowest BCUT2D eigenvalue weighted by Crippen LogP contribution is -2.49. The van der Waals surface area contributed by atoms with Crippen molar-refractivity contribution in [3.05, 3.63) is 95.3 Å². The van der Waals surface area contributed by atoms with E-state index in [1.165, 1.54) is 17.5 Å². The summed E-state index contributed by atoms with van der Waals surface area (Å²) in [4.78, 5) is 31.4. The molecule has 0 unspecified atom stereocenters. The van der Waals surface area contributed by atoms with Crippen LogP contribution in [0.1, 0.15) is 93.9 Å². The van der Waals surface area contributed by atoms with Gasteiger partial charge in [-0.1, -0.05) is 82.5 Å². The van der Waals surface area contributed by atoms with Crippen molar-refractivity contribution < 1.29 is 9.59 Å². The molecule has 3 aromatic rings. The van der Waals surface area contributed by atoms with Crippen LogP contribution < -0.4 is 0 Å². The Balaban J connectivity index is 1.54. The lowest BCUT2D eigenvalue weighted by Gasteiger charge is -2.37. The largest absolute Gasteiger partial charge is 0.345 e. The first-order valence-electron chi connectivity index (χ1n) is 14.5. The molecular weight excluding hydrogens is 482 g/mol. The molecule has 1 aromatic heterocycles. The van der Waals surface area contributed by atoms with Crippen molar-refractivity contribution in [2.75, 3.05) is 6.54 Å². The SMILES string of the molecule is CC(C)N(CC(=O)N(Cc1cccn1Cc1ccccc1)C1CCCCC1)C(=O)c1ccc(C(C)(C)C)cc1. The maximum Gasteiger partial charge on any atom is 0.254 e. The quantitative estimate of drug-likeness (QED) is 0.299. The third-order valence-corrected chi connectivity index (χ3v) is 7.98. The second-order valence-corrected chi connectivity index (χ2v) is 12.3. The van der Waals surface area contributed by atoms with Crippen LogP contribution in [0, 0.1) is 0 Å². The molecule has 208 valence electrons. The number of carbonyl (C=O) groups excluding carboxylic acids is 2. The molecule has 0 aliphatic heterocycles. The summed E-state index contributed by atoms with van der Waals surface area (Å²) in [6.45, 7) is 11.9. The Labute approximate surface area is 234 Å². The summed E-state index contributed by atoms with van der Waals surface area (Å²) in [7, 11) is 0. The summed E-state index contributed by atoms with van der Waals surface area (Å²) in [6.07, 6.45) is 7.66. The standard InChI is InChI=1S/C34H45N3O2/c1-26(2)36(33(39)28-18-20-29(21-19-28)34(3,4)5)25-32(38)37(30-15-10-7-11-16-30)24-31-17-12-22-35(31)23-27-13-8-6-9-14-27/h6,8-9,12-14,17-22,26,30H,7,10-11,15-16,23-25H2,1-5H3. The van der Waals surface area contributed by atoms with Crippen LogP contribution in [0.3, 0.4) is 0 Å². The molecule has 39 heavy (non-hydrogen) atoms. The predicted molar refractivity (Wildman–Crippen MR) is 159 cm³/mol. The van der Waals surface area contributed by atoms with E-state index in [4.69, 9.17) is 0 Å². The van der Waals surface area contributed by atoms with Gasteiger partial charge in [0.05, 0.1) is 6.54 Å². The van der Waals surface area contributed by atoms with Gasteiger partial charge in [0.1, 0.15) is 6.54 Å². The van der Waals surface area contributed by atoms with Crippen LogP contribution in [0.5, 0.6) is 0 Å². The van der Waals surface area contributed by atoms with Gasteiger partial charge in [0.2, 0.25) is 5.91 Å². The van der Waals surface area contributed by atoms with Crippen molar-refractivity contribution in [3.8, 4) is 0 Å². The molecule has 1 heterocycles. The zero-order valence-corrected chi connectivity index (χ0v) is 24.4. The molecule has 0 N–H and O–H groups in total. The van der Waals surface area contributed by atoms with E-state index in [0.29, 0.717) is 12.1 Å². The second kappa shape index (κ2) is 12.7. The number of hydrogen-bond acceptors (Lipinski definition) is 2. The van der Waals surface area contributed by atoms with Gasteiger partial charge in [-0.05, 0) is 67.5 Å². The molecule has 1 saturated carbocycles. The van der Waals surface area contributed by atoms with Crippen molar-refractivity contribution >= 4 is 11.8 Å². The zero-order chi connectivity index (χ0) is 28.0. The highest BCUT2D eigenvalue weighted by molar-refractivity contribution is 5.96. The fraction of sp³-hybridized carbons (Fsp3) is 0.471. The van der Waals surface area contributed by atoms with Crippen LogP contribution in [0.4, 0.5) is 0 Å². The van der Waals surface area contributed by atoms with E-state index >= 15 is 0 Å². The average Bonchev–Trinajstić information content (AvgIpc) is 3.36.